The van der Waals surface area contributed by atoms with Crippen molar-refractivity contribution in [3.63, 3.8) is 0 Å². The maximum Gasteiger partial charge on any atom is 0.251 e. The molecule has 0 heterocycles. The smallest absolute Gasteiger partial charge is 0.251 e. The minimum atomic E-state index is -0.0617. The van der Waals surface area contributed by atoms with Crippen LogP contribution in [-0.2, 0) is 0 Å². The van der Waals surface area contributed by atoms with Gasteiger partial charge in [0.25, 0.3) is 5.91 Å². The van der Waals surface area contributed by atoms with Gasteiger partial charge in [0.1, 0.15) is 0 Å². The van der Waals surface area contributed by atoms with Gasteiger partial charge in [-0.2, -0.15) is 0 Å². The summed E-state index contributed by atoms with van der Waals surface area (Å²) in [4.78, 5) is 11.9. The van der Waals surface area contributed by atoms with Crippen LogP contribution >= 0.6 is 15.9 Å². The van der Waals surface area contributed by atoms with Crippen molar-refractivity contribution in [2.75, 3.05) is 13.2 Å². The molecule has 100 valence electrons. The Kier molecular flexibility index (Phi) is 5.82. The monoisotopic (exact) mass is 313 g/mol. The topological polar surface area (TPSA) is 49.3 Å². The molecule has 0 aliphatic heterocycles. The van der Waals surface area contributed by atoms with Crippen LogP contribution in [0.4, 0.5) is 0 Å². The fourth-order valence-electron chi connectivity index (χ4n) is 1.70. The Hall–Kier alpha value is -0.870. The predicted molar refractivity (Wildman–Crippen MR) is 76.6 cm³/mol. The van der Waals surface area contributed by atoms with Gasteiger partial charge in [-0.1, -0.05) is 35.8 Å². The molecule has 4 heteroatoms. The maximum absolute atomic E-state index is 11.9. The lowest BCUT2D eigenvalue weighted by Gasteiger charge is -2.24. The summed E-state index contributed by atoms with van der Waals surface area (Å²) >= 11 is 3.35. The first-order valence-electron chi connectivity index (χ1n) is 6.09. The molecule has 1 aromatic rings. The van der Waals surface area contributed by atoms with Gasteiger partial charge in [-0.15, -0.1) is 0 Å². The number of aliphatic hydroxyl groups excluding tert-OH is 1. The van der Waals surface area contributed by atoms with Crippen molar-refractivity contribution < 1.29 is 9.90 Å². The first-order chi connectivity index (χ1) is 8.44. The number of amides is 1. The normalized spacial score (nSPS) is 11.3. The third kappa shape index (κ3) is 5.19. The van der Waals surface area contributed by atoms with E-state index in [1.807, 2.05) is 12.1 Å². The number of hydrogen-bond donors (Lipinski definition) is 2. The van der Waals surface area contributed by atoms with Crippen molar-refractivity contribution in [3.8, 4) is 0 Å². The molecule has 0 radical (unpaired) electrons. The van der Waals surface area contributed by atoms with E-state index in [4.69, 9.17) is 5.11 Å². The average molecular weight is 314 g/mol. The van der Waals surface area contributed by atoms with E-state index < -0.39 is 0 Å². The lowest BCUT2D eigenvalue weighted by Crippen LogP contribution is -2.34. The molecule has 1 aromatic carbocycles. The Bertz CT molecular complexity index is 405. The minimum absolute atomic E-state index is 0.00437. The maximum atomic E-state index is 11.9. The summed E-state index contributed by atoms with van der Waals surface area (Å²) in [6.45, 7) is 4.98. The molecule has 0 saturated carbocycles. The minimum Gasteiger partial charge on any atom is -0.396 e. The molecule has 3 nitrogen and oxygen atoms in total. The SMILES string of the molecule is CC(C)(CCCO)CNC(=O)c1cccc(Br)c1. The van der Waals surface area contributed by atoms with Crippen LogP contribution in [0.2, 0.25) is 0 Å². The van der Waals surface area contributed by atoms with E-state index in [1.165, 1.54) is 0 Å². The van der Waals surface area contributed by atoms with Gasteiger partial charge in [0.2, 0.25) is 0 Å². The lowest BCUT2D eigenvalue weighted by molar-refractivity contribution is 0.0933. The van der Waals surface area contributed by atoms with Crippen LogP contribution in [0.25, 0.3) is 0 Å². The molecule has 0 atom stereocenters. The van der Waals surface area contributed by atoms with Gasteiger partial charge in [0, 0.05) is 23.2 Å². The Morgan fingerprint density at radius 3 is 2.78 bits per heavy atom. The molecule has 1 rings (SSSR count). The van der Waals surface area contributed by atoms with Crippen molar-refractivity contribution in [1.29, 1.82) is 0 Å². The van der Waals surface area contributed by atoms with Gasteiger partial charge < -0.3 is 10.4 Å². The molecule has 0 aliphatic rings. The van der Waals surface area contributed by atoms with Gasteiger partial charge in [0.05, 0.1) is 0 Å². The number of halogens is 1. The number of nitrogens with one attached hydrogen (secondary N) is 1. The number of aliphatic hydroxyl groups is 1. The average Bonchev–Trinajstić information content (AvgIpc) is 2.34. The first kappa shape index (κ1) is 15.2. The van der Waals surface area contributed by atoms with Crippen molar-refractivity contribution in [2.24, 2.45) is 5.41 Å². The quantitative estimate of drug-likeness (QED) is 0.848. The fraction of sp³-hybridized carbons (Fsp3) is 0.500. The second-order valence-corrected chi connectivity index (χ2v) is 6.10. The summed E-state index contributed by atoms with van der Waals surface area (Å²) in [5, 5.41) is 11.8. The largest absolute Gasteiger partial charge is 0.396 e. The number of rotatable bonds is 6. The van der Waals surface area contributed by atoms with Crippen LogP contribution in [0.1, 0.15) is 37.0 Å². The first-order valence-corrected chi connectivity index (χ1v) is 6.88. The second kappa shape index (κ2) is 6.90. The Morgan fingerprint density at radius 2 is 2.17 bits per heavy atom. The highest BCUT2D eigenvalue weighted by Gasteiger charge is 2.18. The standard InChI is InChI=1S/C14H20BrNO2/c1-14(2,7-4-8-17)10-16-13(18)11-5-3-6-12(15)9-11/h3,5-6,9,17H,4,7-8,10H2,1-2H3,(H,16,18). The zero-order valence-electron chi connectivity index (χ0n) is 10.9. The van der Waals surface area contributed by atoms with Gasteiger partial charge in [-0.3, -0.25) is 4.79 Å². The van der Waals surface area contributed by atoms with Crippen LogP contribution < -0.4 is 5.32 Å². The molecule has 0 fully saturated rings. The molecule has 0 saturated heterocycles. The van der Waals surface area contributed by atoms with Crippen molar-refractivity contribution in [3.05, 3.63) is 34.3 Å². The summed E-state index contributed by atoms with van der Waals surface area (Å²) in [5.74, 6) is -0.0617. The van der Waals surface area contributed by atoms with Gasteiger partial charge >= 0.3 is 0 Å². The van der Waals surface area contributed by atoms with Gasteiger partial charge in [-0.05, 0) is 36.5 Å². The van der Waals surface area contributed by atoms with E-state index in [9.17, 15) is 4.79 Å². The number of carbonyl (C=O) groups is 1. The van der Waals surface area contributed by atoms with Crippen molar-refractivity contribution in [1.82, 2.24) is 5.32 Å². The molecule has 1 amide bonds. The summed E-state index contributed by atoms with van der Waals surface area (Å²) in [7, 11) is 0. The van der Waals surface area contributed by atoms with Crippen molar-refractivity contribution in [2.45, 2.75) is 26.7 Å². The van der Waals surface area contributed by atoms with E-state index >= 15 is 0 Å². The Morgan fingerprint density at radius 1 is 1.44 bits per heavy atom. The molecule has 18 heavy (non-hydrogen) atoms. The van der Waals surface area contributed by atoms with Crippen LogP contribution in [0, 0.1) is 5.41 Å². The number of hydrogen-bond acceptors (Lipinski definition) is 2. The van der Waals surface area contributed by atoms with Gasteiger partial charge in [0.15, 0.2) is 0 Å². The number of benzene rings is 1. The van der Waals surface area contributed by atoms with Crippen LogP contribution in [0.15, 0.2) is 28.7 Å². The summed E-state index contributed by atoms with van der Waals surface area (Å²) in [5.41, 5.74) is 0.659. The molecule has 0 aromatic heterocycles. The van der Waals surface area contributed by atoms with Crippen LogP contribution in [0.5, 0.6) is 0 Å². The Balaban J connectivity index is 2.50. The molecule has 0 bridgehead atoms. The van der Waals surface area contributed by atoms with E-state index in [-0.39, 0.29) is 17.9 Å². The molecular formula is C14H20BrNO2. The molecular weight excluding hydrogens is 294 g/mol. The molecule has 0 aliphatic carbocycles. The summed E-state index contributed by atoms with van der Waals surface area (Å²) < 4.78 is 0.898. The molecule has 0 unspecified atom stereocenters. The third-order valence-electron chi connectivity index (χ3n) is 2.83. The second-order valence-electron chi connectivity index (χ2n) is 5.18. The Labute approximate surface area is 117 Å². The van der Waals surface area contributed by atoms with Gasteiger partial charge in [-0.25, -0.2) is 0 Å². The zero-order valence-corrected chi connectivity index (χ0v) is 12.5. The van der Waals surface area contributed by atoms with E-state index in [1.54, 1.807) is 12.1 Å². The number of carbonyl (C=O) groups excluding carboxylic acids is 1. The highest BCUT2D eigenvalue weighted by molar-refractivity contribution is 9.10. The highest BCUT2D eigenvalue weighted by atomic mass is 79.9. The van der Waals surface area contributed by atoms with Crippen LogP contribution in [-0.4, -0.2) is 24.2 Å². The zero-order chi connectivity index (χ0) is 13.6. The summed E-state index contributed by atoms with van der Waals surface area (Å²) in [6.07, 6.45) is 1.65. The van der Waals surface area contributed by atoms with E-state index in [0.29, 0.717) is 12.1 Å². The van der Waals surface area contributed by atoms with E-state index in [2.05, 4.69) is 35.1 Å². The van der Waals surface area contributed by atoms with E-state index in [0.717, 1.165) is 17.3 Å². The summed E-state index contributed by atoms with van der Waals surface area (Å²) in [6, 6.07) is 7.33. The predicted octanol–water partition coefficient (Wildman–Crippen LogP) is 2.98. The fourth-order valence-corrected chi connectivity index (χ4v) is 2.10. The molecule has 2 N–H and O–H groups in total. The van der Waals surface area contributed by atoms with Crippen molar-refractivity contribution >= 4 is 21.8 Å². The third-order valence-corrected chi connectivity index (χ3v) is 3.32. The lowest BCUT2D eigenvalue weighted by atomic mass is 9.88. The highest BCUT2D eigenvalue weighted by Crippen LogP contribution is 2.21. The molecule has 0 spiro atoms. The van der Waals surface area contributed by atoms with Crippen LogP contribution in [0.3, 0.4) is 0 Å².